The van der Waals surface area contributed by atoms with Gasteiger partial charge in [0.05, 0.1) is 5.02 Å². The first-order chi connectivity index (χ1) is 8.81. The first-order valence-electron chi connectivity index (χ1n) is 6.31. The molecule has 0 radical (unpaired) electrons. The van der Waals surface area contributed by atoms with Crippen LogP contribution >= 0.6 is 27.5 Å². The summed E-state index contributed by atoms with van der Waals surface area (Å²) in [7, 11) is 0. The lowest BCUT2D eigenvalue weighted by Gasteiger charge is -2.42. The molecule has 0 bridgehead atoms. The van der Waals surface area contributed by atoms with Crippen LogP contribution in [0.15, 0.2) is 22.7 Å². The van der Waals surface area contributed by atoms with Crippen LogP contribution in [0.25, 0.3) is 0 Å². The van der Waals surface area contributed by atoms with Crippen LogP contribution in [0.1, 0.15) is 30.6 Å². The number of nitrogens with two attached hydrogens (primary N) is 1. The van der Waals surface area contributed by atoms with Crippen LogP contribution in [0, 0.1) is 5.41 Å². The van der Waals surface area contributed by atoms with E-state index >= 15 is 0 Å². The molecule has 5 heteroatoms. The third-order valence-electron chi connectivity index (χ3n) is 3.77. The van der Waals surface area contributed by atoms with Gasteiger partial charge < -0.3 is 10.6 Å². The summed E-state index contributed by atoms with van der Waals surface area (Å²) in [6, 6.07) is 5.41. The topological polar surface area (TPSA) is 46.3 Å². The number of amides is 1. The van der Waals surface area contributed by atoms with Gasteiger partial charge in [-0.2, -0.15) is 0 Å². The lowest BCUT2D eigenvalue weighted by Crippen LogP contribution is -2.54. The van der Waals surface area contributed by atoms with Crippen molar-refractivity contribution in [3.05, 3.63) is 33.3 Å². The molecule has 1 aromatic carbocycles. The van der Waals surface area contributed by atoms with Gasteiger partial charge in [0.15, 0.2) is 0 Å². The number of hydrogen-bond donors (Lipinski definition) is 1. The van der Waals surface area contributed by atoms with Gasteiger partial charge in [0.25, 0.3) is 5.91 Å². The molecule has 1 aromatic rings. The van der Waals surface area contributed by atoms with Crippen molar-refractivity contribution in [1.29, 1.82) is 0 Å². The highest BCUT2D eigenvalue weighted by molar-refractivity contribution is 9.10. The van der Waals surface area contributed by atoms with E-state index in [4.69, 9.17) is 17.3 Å². The smallest absolute Gasteiger partial charge is 0.253 e. The molecule has 1 saturated heterocycles. The average molecular weight is 346 g/mol. The molecule has 1 atom stereocenters. The molecule has 0 saturated carbocycles. The zero-order valence-electron chi connectivity index (χ0n) is 11.1. The number of piperidine rings is 1. The van der Waals surface area contributed by atoms with Crippen molar-refractivity contribution in [3.8, 4) is 0 Å². The number of carbonyl (C=O) groups excluding carboxylic acids is 1. The SMILES string of the molecule is CC1(C)CN(C(=O)c2ccc(Cl)c(Br)c2)CCC1N. The third kappa shape index (κ3) is 3.12. The molecule has 0 spiro atoms. The summed E-state index contributed by atoms with van der Waals surface area (Å²) in [6.07, 6.45) is 0.841. The van der Waals surface area contributed by atoms with E-state index in [1.165, 1.54) is 0 Å². The number of benzene rings is 1. The molecule has 1 aliphatic rings. The number of hydrogen-bond acceptors (Lipinski definition) is 2. The first-order valence-corrected chi connectivity index (χ1v) is 7.48. The zero-order valence-corrected chi connectivity index (χ0v) is 13.5. The van der Waals surface area contributed by atoms with Gasteiger partial charge in [-0.05, 0) is 46.0 Å². The van der Waals surface area contributed by atoms with Gasteiger partial charge in [-0.15, -0.1) is 0 Å². The Balaban J connectivity index is 2.18. The molecule has 19 heavy (non-hydrogen) atoms. The Morgan fingerprint density at radius 1 is 1.53 bits per heavy atom. The summed E-state index contributed by atoms with van der Waals surface area (Å²) < 4.78 is 0.744. The lowest BCUT2D eigenvalue weighted by atomic mass is 9.79. The van der Waals surface area contributed by atoms with Crippen LogP contribution in [0.2, 0.25) is 5.02 Å². The molecule has 1 unspecified atom stereocenters. The lowest BCUT2D eigenvalue weighted by molar-refractivity contribution is 0.0533. The van der Waals surface area contributed by atoms with Crippen LogP contribution in [-0.4, -0.2) is 29.9 Å². The maximum absolute atomic E-state index is 12.5. The van der Waals surface area contributed by atoms with E-state index in [-0.39, 0.29) is 17.4 Å². The van der Waals surface area contributed by atoms with Crippen molar-refractivity contribution in [2.45, 2.75) is 26.3 Å². The fraction of sp³-hybridized carbons (Fsp3) is 0.500. The van der Waals surface area contributed by atoms with Crippen LogP contribution in [0.4, 0.5) is 0 Å². The van der Waals surface area contributed by atoms with E-state index in [1.54, 1.807) is 18.2 Å². The fourth-order valence-electron chi connectivity index (χ4n) is 2.36. The van der Waals surface area contributed by atoms with Crippen LogP contribution in [0.3, 0.4) is 0 Å². The predicted octanol–water partition coefficient (Wildman–Crippen LogP) is 3.30. The summed E-state index contributed by atoms with van der Waals surface area (Å²) in [5.74, 6) is 0.0392. The van der Waals surface area contributed by atoms with Crippen LogP contribution < -0.4 is 5.73 Å². The van der Waals surface area contributed by atoms with Gasteiger partial charge >= 0.3 is 0 Å². The Morgan fingerprint density at radius 2 is 2.21 bits per heavy atom. The molecule has 0 aliphatic carbocycles. The predicted molar refractivity (Wildman–Crippen MR) is 81.4 cm³/mol. The number of nitrogens with zero attached hydrogens (tertiary/aromatic N) is 1. The molecule has 1 fully saturated rings. The molecule has 1 heterocycles. The van der Waals surface area contributed by atoms with Gasteiger partial charge in [0.1, 0.15) is 0 Å². The third-order valence-corrected chi connectivity index (χ3v) is 4.98. The van der Waals surface area contributed by atoms with E-state index in [0.29, 0.717) is 23.7 Å². The molecule has 1 aliphatic heterocycles. The minimum atomic E-state index is -0.0441. The van der Waals surface area contributed by atoms with Crippen molar-refractivity contribution >= 4 is 33.4 Å². The summed E-state index contributed by atoms with van der Waals surface area (Å²) in [5.41, 5.74) is 6.71. The van der Waals surface area contributed by atoms with E-state index in [1.807, 2.05) is 4.90 Å². The summed E-state index contributed by atoms with van der Waals surface area (Å²) >= 11 is 9.29. The summed E-state index contributed by atoms with van der Waals surface area (Å²) in [6.45, 7) is 5.61. The Labute approximate surface area is 127 Å². The van der Waals surface area contributed by atoms with Crippen LogP contribution in [0.5, 0.6) is 0 Å². The van der Waals surface area contributed by atoms with Gasteiger partial charge in [-0.3, -0.25) is 4.79 Å². The van der Waals surface area contributed by atoms with Crippen LogP contribution in [-0.2, 0) is 0 Å². The molecule has 0 aromatic heterocycles. The van der Waals surface area contributed by atoms with Crippen molar-refractivity contribution in [2.24, 2.45) is 11.1 Å². The normalized spacial score (nSPS) is 22.4. The molecule has 1 amide bonds. The van der Waals surface area contributed by atoms with Crippen molar-refractivity contribution < 1.29 is 4.79 Å². The largest absolute Gasteiger partial charge is 0.338 e. The van der Waals surface area contributed by atoms with E-state index in [2.05, 4.69) is 29.8 Å². The van der Waals surface area contributed by atoms with E-state index in [0.717, 1.165) is 10.9 Å². The number of carbonyl (C=O) groups is 1. The van der Waals surface area contributed by atoms with E-state index < -0.39 is 0 Å². The zero-order chi connectivity index (χ0) is 14.2. The standard InChI is InChI=1S/C14H18BrClN2O/c1-14(2)8-18(6-5-12(14)17)13(19)9-3-4-11(16)10(15)7-9/h3-4,7,12H,5-6,8,17H2,1-2H3. The molecule has 2 N–H and O–H groups in total. The Kier molecular flexibility index (Phi) is 4.23. The van der Waals surface area contributed by atoms with Gasteiger partial charge in [0, 0.05) is 29.2 Å². The fourth-order valence-corrected chi connectivity index (χ4v) is 2.86. The average Bonchev–Trinajstić information content (AvgIpc) is 2.35. The van der Waals surface area contributed by atoms with Crippen molar-refractivity contribution in [2.75, 3.05) is 13.1 Å². The van der Waals surface area contributed by atoms with Gasteiger partial charge in [-0.1, -0.05) is 25.4 Å². The minimum absolute atomic E-state index is 0.0392. The highest BCUT2D eigenvalue weighted by atomic mass is 79.9. The summed E-state index contributed by atoms with van der Waals surface area (Å²) in [5, 5.41) is 0.609. The number of rotatable bonds is 1. The second-order valence-corrected chi connectivity index (χ2v) is 7.00. The van der Waals surface area contributed by atoms with Crippen molar-refractivity contribution in [1.82, 2.24) is 4.90 Å². The number of halogens is 2. The maximum Gasteiger partial charge on any atom is 0.253 e. The van der Waals surface area contributed by atoms with E-state index in [9.17, 15) is 4.79 Å². The number of likely N-dealkylation sites (tertiary alicyclic amines) is 1. The highest BCUT2D eigenvalue weighted by Gasteiger charge is 2.35. The Hall–Kier alpha value is -0.580. The maximum atomic E-state index is 12.5. The van der Waals surface area contributed by atoms with Gasteiger partial charge in [-0.25, -0.2) is 0 Å². The Bertz CT molecular complexity index is 504. The molecule has 3 nitrogen and oxygen atoms in total. The second kappa shape index (κ2) is 5.43. The quantitative estimate of drug-likeness (QED) is 0.849. The molecular formula is C14H18BrClN2O. The van der Waals surface area contributed by atoms with Gasteiger partial charge in [0.2, 0.25) is 0 Å². The molecular weight excluding hydrogens is 328 g/mol. The van der Waals surface area contributed by atoms with Crippen molar-refractivity contribution in [3.63, 3.8) is 0 Å². The molecule has 104 valence electrons. The Morgan fingerprint density at radius 3 is 2.79 bits per heavy atom. The first kappa shape index (κ1) is 14.8. The monoisotopic (exact) mass is 344 g/mol. The summed E-state index contributed by atoms with van der Waals surface area (Å²) in [4.78, 5) is 14.4. The highest BCUT2D eigenvalue weighted by Crippen LogP contribution is 2.29. The molecule has 2 rings (SSSR count). The second-order valence-electron chi connectivity index (χ2n) is 5.74. The minimum Gasteiger partial charge on any atom is -0.338 e.